The van der Waals surface area contributed by atoms with Crippen LogP contribution in [-0.4, -0.2) is 40.3 Å². The van der Waals surface area contributed by atoms with E-state index >= 15 is 0 Å². The first-order valence-electron chi connectivity index (χ1n) is 5.65. The number of nitrogens with zero attached hydrogens (tertiary/aromatic N) is 4. The second-order valence-corrected chi connectivity index (χ2v) is 4.74. The molecule has 0 bridgehead atoms. The number of hydrogen-bond donors (Lipinski definition) is 1. The standard InChI is InChI=1S/C12H16ClN5/c1-17(2)5-6-18-12(10(13)8-16-18)9-7-15-4-3-11(9)14/h3-4,7-8H,5-6H2,1-2H3,(H2,14,15). The molecule has 2 heterocycles. The number of anilines is 1. The highest BCUT2D eigenvalue weighted by Gasteiger charge is 2.14. The fourth-order valence-corrected chi connectivity index (χ4v) is 1.94. The van der Waals surface area contributed by atoms with Crippen molar-refractivity contribution in [3.63, 3.8) is 0 Å². The summed E-state index contributed by atoms with van der Waals surface area (Å²) in [5.74, 6) is 0. The molecule has 0 radical (unpaired) electrons. The second kappa shape index (κ2) is 5.37. The summed E-state index contributed by atoms with van der Waals surface area (Å²) in [5, 5.41) is 4.87. The third-order valence-corrected chi connectivity index (χ3v) is 2.94. The van der Waals surface area contributed by atoms with E-state index in [1.165, 1.54) is 0 Å². The minimum absolute atomic E-state index is 0.591. The molecule has 0 spiro atoms. The van der Waals surface area contributed by atoms with Gasteiger partial charge in [0.05, 0.1) is 23.5 Å². The van der Waals surface area contributed by atoms with Gasteiger partial charge in [0.15, 0.2) is 0 Å². The Labute approximate surface area is 111 Å². The van der Waals surface area contributed by atoms with Gasteiger partial charge >= 0.3 is 0 Å². The summed E-state index contributed by atoms with van der Waals surface area (Å²) in [7, 11) is 4.03. The molecular formula is C12H16ClN5. The van der Waals surface area contributed by atoms with E-state index in [9.17, 15) is 0 Å². The van der Waals surface area contributed by atoms with Crippen molar-refractivity contribution < 1.29 is 0 Å². The molecule has 0 saturated heterocycles. The summed E-state index contributed by atoms with van der Waals surface area (Å²) in [4.78, 5) is 6.18. The normalized spacial score (nSPS) is 11.1. The van der Waals surface area contributed by atoms with Crippen LogP contribution in [0.2, 0.25) is 5.02 Å². The van der Waals surface area contributed by atoms with Crippen LogP contribution in [0, 0.1) is 0 Å². The Bertz CT molecular complexity index is 535. The summed E-state index contributed by atoms with van der Waals surface area (Å²) >= 11 is 6.19. The molecule has 2 rings (SSSR count). The molecule has 5 nitrogen and oxygen atoms in total. The van der Waals surface area contributed by atoms with Crippen molar-refractivity contribution in [3.05, 3.63) is 29.7 Å². The van der Waals surface area contributed by atoms with E-state index < -0.39 is 0 Å². The van der Waals surface area contributed by atoms with E-state index in [2.05, 4.69) is 15.0 Å². The first kappa shape index (κ1) is 12.9. The molecule has 0 aliphatic carbocycles. The molecule has 0 aliphatic rings. The van der Waals surface area contributed by atoms with Gasteiger partial charge in [0.1, 0.15) is 0 Å². The predicted octanol–water partition coefficient (Wildman–Crippen LogP) is 1.74. The monoisotopic (exact) mass is 265 g/mol. The van der Waals surface area contributed by atoms with Crippen LogP contribution in [0.1, 0.15) is 0 Å². The van der Waals surface area contributed by atoms with E-state index in [-0.39, 0.29) is 0 Å². The van der Waals surface area contributed by atoms with Crippen molar-refractivity contribution in [1.29, 1.82) is 0 Å². The number of rotatable bonds is 4. The summed E-state index contributed by atoms with van der Waals surface area (Å²) < 4.78 is 1.86. The number of aromatic nitrogens is 3. The van der Waals surface area contributed by atoms with Crippen LogP contribution in [-0.2, 0) is 6.54 Å². The van der Waals surface area contributed by atoms with Crippen molar-refractivity contribution in [1.82, 2.24) is 19.7 Å². The zero-order valence-corrected chi connectivity index (χ0v) is 11.2. The molecule has 0 unspecified atom stereocenters. The summed E-state index contributed by atoms with van der Waals surface area (Å²) in [6.07, 6.45) is 5.01. The lowest BCUT2D eigenvalue weighted by Crippen LogP contribution is -2.19. The number of nitrogens with two attached hydrogens (primary N) is 1. The quantitative estimate of drug-likeness (QED) is 0.915. The second-order valence-electron chi connectivity index (χ2n) is 4.33. The first-order valence-corrected chi connectivity index (χ1v) is 6.03. The number of halogens is 1. The van der Waals surface area contributed by atoms with Gasteiger partial charge in [-0.15, -0.1) is 0 Å². The average molecular weight is 266 g/mol. The molecule has 2 aromatic heterocycles. The zero-order chi connectivity index (χ0) is 13.1. The Kier molecular flexibility index (Phi) is 3.84. The van der Waals surface area contributed by atoms with Crippen molar-refractivity contribution in [2.75, 3.05) is 26.4 Å². The van der Waals surface area contributed by atoms with Gasteiger partial charge in [-0.2, -0.15) is 5.10 Å². The molecule has 0 aromatic carbocycles. The maximum absolute atomic E-state index is 6.19. The van der Waals surface area contributed by atoms with Crippen molar-refractivity contribution in [3.8, 4) is 11.3 Å². The SMILES string of the molecule is CN(C)CCn1ncc(Cl)c1-c1cnccc1N. The molecule has 0 amide bonds. The lowest BCUT2D eigenvalue weighted by atomic mass is 10.2. The molecule has 18 heavy (non-hydrogen) atoms. The highest BCUT2D eigenvalue weighted by atomic mass is 35.5. The number of nitrogen functional groups attached to an aromatic ring is 1. The van der Waals surface area contributed by atoms with Gasteiger partial charge < -0.3 is 10.6 Å². The smallest absolute Gasteiger partial charge is 0.0905 e. The fraction of sp³-hybridized carbons (Fsp3) is 0.333. The summed E-state index contributed by atoms with van der Waals surface area (Å²) in [6.45, 7) is 1.63. The first-order chi connectivity index (χ1) is 8.59. The molecule has 2 aromatic rings. The van der Waals surface area contributed by atoms with E-state index in [4.69, 9.17) is 17.3 Å². The van der Waals surface area contributed by atoms with Gasteiger partial charge in [-0.1, -0.05) is 11.6 Å². The van der Waals surface area contributed by atoms with E-state index in [1.54, 1.807) is 24.7 Å². The third kappa shape index (κ3) is 2.63. The Balaban J connectivity index is 2.38. The molecule has 6 heteroatoms. The molecule has 0 saturated carbocycles. The van der Waals surface area contributed by atoms with Crippen LogP contribution in [0.5, 0.6) is 0 Å². The van der Waals surface area contributed by atoms with Crippen LogP contribution in [0.4, 0.5) is 5.69 Å². The lowest BCUT2D eigenvalue weighted by molar-refractivity contribution is 0.374. The Hall–Kier alpha value is -1.59. The van der Waals surface area contributed by atoms with E-state index in [1.807, 2.05) is 18.8 Å². The Morgan fingerprint density at radius 1 is 1.39 bits per heavy atom. The molecule has 0 atom stereocenters. The molecule has 0 fully saturated rings. The summed E-state index contributed by atoms with van der Waals surface area (Å²) in [5.41, 5.74) is 8.25. The van der Waals surface area contributed by atoms with E-state index in [0.717, 1.165) is 24.3 Å². The minimum Gasteiger partial charge on any atom is -0.398 e. The lowest BCUT2D eigenvalue weighted by Gasteiger charge is -2.13. The highest BCUT2D eigenvalue weighted by Crippen LogP contribution is 2.30. The topological polar surface area (TPSA) is 60.0 Å². The van der Waals surface area contributed by atoms with Gasteiger partial charge in [0, 0.05) is 30.2 Å². The maximum atomic E-state index is 6.19. The van der Waals surface area contributed by atoms with Gasteiger partial charge in [-0.05, 0) is 20.2 Å². The predicted molar refractivity (Wildman–Crippen MR) is 73.4 cm³/mol. The largest absolute Gasteiger partial charge is 0.398 e. The van der Waals surface area contributed by atoms with Gasteiger partial charge in [0.2, 0.25) is 0 Å². The van der Waals surface area contributed by atoms with E-state index in [0.29, 0.717) is 10.7 Å². The maximum Gasteiger partial charge on any atom is 0.0905 e. The molecule has 96 valence electrons. The van der Waals surface area contributed by atoms with Crippen LogP contribution in [0.3, 0.4) is 0 Å². The van der Waals surface area contributed by atoms with Gasteiger partial charge in [-0.3, -0.25) is 9.67 Å². The number of hydrogen-bond acceptors (Lipinski definition) is 4. The third-order valence-electron chi connectivity index (χ3n) is 2.66. The zero-order valence-electron chi connectivity index (χ0n) is 10.5. The Morgan fingerprint density at radius 3 is 2.83 bits per heavy atom. The van der Waals surface area contributed by atoms with Crippen molar-refractivity contribution in [2.24, 2.45) is 0 Å². The average Bonchev–Trinajstić information content (AvgIpc) is 2.69. The fourth-order valence-electron chi connectivity index (χ4n) is 1.70. The van der Waals surface area contributed by atoms with Crippen molar-refractivity contribution in [2.45, 2.75) is 6.54 Å². The van der Waals surface area contributed by atoms with Crippen LogP contribution in [0.15, 0.2) is 24.7 Å². The van der Waals surface area contributed by atoms with Crippen LogP contribution in [0.25, 0.3) is 11.3 Å². The Morgan fingerprint density at radius 2 is 2.17 bits per heavy atom. The van der Waals surface area contributed by atoms with Crippen molar-refractivity contribution >= 4 is 17.3 Å². The number of likely N-dealkylation sites (N-methyl/N-ethyl adjacent to an activating group) is 1. The number of pyridine rings is 1. The van der Waals surface area contributed by atoms with Gasteiger partial charge in [0.25, 0.3) is 0 Å². The molecule has 0 aliphatic heterocycles. The molecule has 2 N–H and O–H groups in total. The minimum atomic E-state index is 0.591. The highest BCUT2D eigenvalue weighted by molar-refractivity contribution is 6.33. The van der Waals surface area contributed by atoms with Crippen LogP contribution >= 0.6 is 11.6 Å². The van der Waals surface area contributed by atoms with Crippen LogP contribution < -0.4 is 5.73 Å². The molecular weight excluding hydrogens is 250 g/mol. The summed E-state index contributed by atoms with van der Waals surface area (Å²) in [6, 6.07) is 1.76. The van der Waals surface area contributed by atoms with Gasteiger partial charge in [-0.25, -0.2) is 0 Å².